The molecule has 0 bridgehead atoms. The van der Waals surface area contributed by atoms with Crippen LogP contribution in [0.5, 0.6) is 0 Å². The molecule has 0 spiro atoms. The van der Waals surface area contributed by atoms with Crippen LogP contribution in [-0.4, -0.2) is 46.9 Å². The summed E-state index contributed by atoms with van der Waals surface area (Å²) in [5.74, 6) is 0.407. The average Bonchev–Trinajstić information content (AvgIpc) is 3.29. The molecule has 2 N–H and O–H groups in total. The zero-order valence-corrected chi connectivity index (χ0v) is 20.4. The van der Waals surface area contributed by atoms with Crippen LogP contribution in [-0.2, 0) is 9.47 Å². The molecular formula is C25H39N3O4. The minimum Gasteiger partial charge on any atom is -0.444 e. The predicted octanol–water partition coefficient (Wildman–Crippen LogP) is 6.01. The number of likely N-dealkylation sites (tertiary alicyclic amines) is 1. The van der Waals surface area contributed by atoms with Crippen LogP contribution in [0, 0.1) is 5.92 Å². The van der Waals surface area contributed by atoms with Gasteiger partial charge in [0, 0.05) is 30.0 Å². The van der Waals surface area contributed by atoms with E-state index in [-0.39, 0.29) is 12.1 Å². The largest absolute Gasteiger partial charge is 0.444 e. The minimum absolute atomic E-state index is 0.191. The molecule has 1 saturated carbocycles. The Kier molecular flexibility index (Phi) is 7.25. The van der Waals surface area contributed by atoms with Crippen molar-refractivity contribution in [3.63, 3.8) is 0 Å². The Labute approximate surface area is 192 Å². The highest BCUT2D eigenvalue weighted by Gasteiger charge is 2.42. The second kappa shape index (κ2) is 9.59. The fraction of sp³-hybridized carbons (Fsp3) is 0.680. The standard InChI is InChI=1S/C25H39N3O4/c1-24(2,3)31-22(29)27-18-14-12-17(13-15-18)26-20-10-7-9-19(20)21-11-8-16-28(21)23(30)32-25(4,5)6/h12-15,19-21,26H,7-11,16H2,1-6H3,(H,27,29). The lowest BCUT2D eigenvalue weighted by Gasteiger charge is -2.34. The smallest absolute Gasteiger partial charge is 0.412 e. The average molecular weight is 446 g/mol. The monoisotopic (exact) mass is 445 g/mol. The molecule has 2 aliphatic rings. The maximum atomic E-state index is 12.7. The van der Waals surface area contributed by atoms with Crippen molar-refractivity contribution in [2.75, 3.05) is 17.2 Å². The Balaban J connectivity index is 1.60. The van der Waals surface area contributed by atoms with Crippen LogP contribution in [0.25, 0.3) is 0 Å². The van der Waals surface area contributed by atoms with Gasteiger partial charge in [0.05, 0.1) is 0 Å². The number of rotatable bonds is 4. The number of nitrogens with one attached hydrogen (secondary N) is 2. The number of hydrogen-bond donors (Lipinski definition) is 2. The van der Waals surface area contributed by atoms with E-state index in [4.69, 9.17) is 9.47 Å². The SMILES string of the molecule is CC(C)(C)OC(=O)Nc1ccc(NC2CCCC2C2CCCN2C(=O)OC(C)(C)C)cc1. The first-order valence-corrected chi connectivity index (χ1v) is 11.8. The van der Waals surface area contributed by atoms with E-state index in [1.54, 1.807) is 0 Å². The van der Waals surface area contributed by atoms with E-state index in [0.29, 0.717) is 17.6 Å². The summed E-state index contributed by atoms with van der Waals surface area (Å²) in [6.07, 6.45) is 4.75. The molecule has 1 aromatic carbocycles. The van der Waals surface area contributed by atoms with Crippen molar-refractivity contribution in [1.82, 2.24) is 4.90 Å². The summed E-state index contributed by atoms with van der Waals surface area (Å²) >= 11 is 0. The van der Waals surface area contributed by atoms with Gasteiger partial charge in [-0.25, -0.2) is 9.59 Å². The second-order valence-electron chi connectivity index (χ2n) is 10.9. The molecule has 7 nitrogen and oxygen atoms in total. The van der Waals surface area contributed by atoms with E-state index in [9.17, 15) is 9.59 Å². The van der Waals surface area contributed by atoms with Gasteiger partial charge in [-0.1, -0.05) is 6.42 Å². The van der Waals surface area contributed by atoms with Gasteiger partial charge in [0.25, 0.3) is 0 Å². The molecule has 3 atom stereocenters. The number of hydrogen-bond acceptors (Lipinski definition) is 5. The summed E-state index contributed by atoms with van der Waals surface area (Å²) in [5, 5.41) is 6.43. The van der Waals surface area contributed by atoms with Gasteiger partial charge < -0.3 is 19.7 Å². The number of benzene rings is 1. The molecule has 1 aromatic rings. The van der Waals surface area contributed by atoms with Gasteiger partial charge in [-0.2, -0.15) is 0 Å². The molecule has 3 unspecified atom stereocenters. The third-order valence-corrected chi connectivity index (χ3v) is 5.87. The molecule has 3 rings (SSSR count). The fourth-order valence-corrected chi connectivity index (χ4v) is 4.70. The Morgan fingerprint density at radius 1 is 0.875 bits per heavy atom. The van der Waals surface area contributed by atoms with E-state index < -0.39 is 17.3 Å². The van der Waals surface area contributed by atoms with E-state index in [1.165, 1.54) is 0 Å². The van der Waals surface area contributed by atoms with Crippen molar-refractivity contribution in [1.29, 1.82) is 0 Å². The molecule has 178 valence electrons. The van der Waals surface area contributed by atoms with E-state index >= 15 is 0 Å². The third-order valence-electron chi connectivity index (χ3n) is 5.87. The highest BCUT2D eigenvalue weighted by molar-refractivity contribution is 5.85. The van der Waals surface area contributed by atoms with E-state index in [2.05, 4.69) is 10.6 Å². The molecule has 1 heterocycles. The summed E-state index contributed by atoms with van der Waals surface area (Å²) in [7, 11) is 0. The van der Waals surface area contributed by atoms with Gasteiger partial charge in [0.1, 0.15) is 11.2 Å². The zero-order chi connectivity index (χ0) is 23.5. The Morgan fingerprint density at radius 2 is 1.50 bits per heavy atom. The van der Waals surface area contributed by atoms with Gasteiger partial charge in [0.15, 0.2) is 0 Å². The van der Waals surface area contributed by atoms with Crippen LogP contribution < -0.4 is 10.6 Å². The molecular weight excluding hydrogens is 406 g/mol. The predicted molar refractivity (Wildman–Crippen MR) is 127 cm³/mol. The Morgan fingerprint density at radius 3 is 2.12 bits per heavy atom. The molecule has 1 aliphatic heterocycles. The van der Waals surface area contributed by atoms with Crippen molar-refractivity contribution in [2.45, 2.75) is 96.9 Å². The fourth-order valence-electron chi connectivity index (χ4n) is 4.70. The summed E-state index contributed by atoms with van der Waals surface area (Å²) in [4.78, 5) is 26.7. The van der Waals surface area contributed by atoms with Gasteiger partial charge in [0.2, 0.25) is 0 Å². The lowest BCUT2D eigenvalue weighted by atomic mass is 9.92. The molecule has 2 amide bonds. The number of ether oxygens (including phenoxy) is 2. The lowest BCUT2D eigenvalue weighted by Crippen LogP contribution is -2.46. The van der Waals surface area contributed by atoms with Crippen molar-refractivity contribution in [2.24, 2.45) is 5.92 Å². The van der Waals surface area contributed by atoms with Crippen LogP contribution in [0.2, 0.25) is 0 Å². The summed E-state index contributed by atoms with van der Waals surface area (Å²) in [5.41, 5.74) is 0.696. The first-order valence-electron chi connectivity index (χ1n) is 11.8. The maximum absolute atomic E-state index is 12.7. The molecule has 32 heavy (non-hydrogen) atoms. The van der Waals surface area contributed by atoms with E-state index in [1.807, 2.05) is 70.7 Å². The van der Waals surface area contributed by atoms with Crippen molar-refractivity contribution < 1.29 is 19.1 Å². The Hall–Kier alpha value is -2.44. The molecule has 1 saturated heterocycles. The number of amides is 2. The highest BCUT2D eigenvalue weighted by Crippen LogP contribution is 2.38. The lowest BCUT2D eigenvalue weighted by molar-refractivity contribution is 0.0175. The van der Waals surface area contributed by atoms with Crippen molar-refractivity contribution in [3.05, 3.63) is 24.3 Å². The highest BCUT2D eigenvalue weighted by atomic mass is 16.6. The van der Waals surface area contributed by atoms with Gasteiger partial charge in [-0.05, 0) is 97.4 Å². The molecule has 0 aromatic heterocycles. The van der Waals surface area contributed by atoms with Crippen molar-refractivity contribution in [3.8, 4) is 0 Å². The van der Waals surface area contributed by atoms with Crippen LogP contribution in [0.1, 0.15) is 73.6 Å². The van der Waals surface area contributed by atoms with Crippen LogP contribution in [0.3, 0.4) is 0 Å². The summed E-state index contributed by atoms with van der Waals surface area (Å²) < 4.78 is 11.0. The second-order valence-corrected chi connectivity index (χ2v) is 10.9. The topological polar surface area (TPSA) is 79.9 Å². The summed E-state index contributed by atoms with van der Waals surface area (Å²) in [6.45, 7) is 12.0. The minimum atomic E-state index is -0.531. The van der Waals surface area contributed by atoms with Gasteiger partial charge in [-0.3, -0.25) is 5.32 Å². The summed E-state index contributed by atoms with van der Waals surface area (Å²) in [6, 6.07) is 8.23. The zero-order valence-electron chi connectivity index (χ0n) is 20.4. The van der Waals surface area contributed by atoms with Crippen LogP contribution in [0.4, 0.5) is 21.0 Å². The molecule has 1 aliphatic carbocycles. The quantitative estimate of drug-likeness (QED) is 0.593. The van der Waals surface area contributed by atoms with E-state index in [0.717, 1.165) is 44.3 Å². The van der Waals surface area contributed by atoms with Gasteiger partial charge in [-0.15, -0.1) is 0 Å². The first kappa shape index (κ1) is 24.2. The maximum Gasteiger partial charge on any atom is 0.412 e. The molecule has 2 fully saturated rings. The number of carbonyl (C=O) groups excluding carboxylic acids is 2. The van der Waals surface area contributed by atoms with Gasteiger partial charge >= 0.3 is 12.2 Å². The van der Waals surface area contributed by atoms with Crippen LogP contribution in [0.15, 0.2) is 24.3 Å². The molecule has 7 heteroatoms. The number of nitrogens with zero attached hydrogens (tertiary/aromatic N) is 1. The molecule has 0 radical (unpaired) electrons. The normalized spacial score (nSPS) is 23.7. The van der Waals surface area contributed by atoms with Crippen LogP contribution >= 0.6 is 0 Å². The number of anilines is 2. The van der Waals surface area contributed by atoms with Crippen molar-refractivity contribution >= 4 is 23.6 Å². The first-order chi connectivity index (χ1) is 14.9. The third kappa shape index (κ3) is 6.78. The Bertz CT molecular complexity index is 795. The number of carbonyl (C=O) groups is 2.